The summed E-state index contributed by atoms with van der Waals surface area (Å²) in [6, 6.07) is 2.29. The van der Waals surface area contributed by atoms with Gasteiger partial charge >= 0.3 is 0 Å². The quantitative estimate of drug-likeness (QED) is 0.850. The molecule has 1 aromatic rings. The minimum atomic E-state index is -0.719. The number of carbonyl (C=O) groups is 1. The van der Waals surface area contributed by atoms with E-state index in [0.29, 0.717) is 19.5 Å². The first kappa shape index (κ1) is 12.4. The molecule has 0 aliphatic carbocycles. The predicted molar refractivity (Wildman–Crippen MR) is 63.6 cm³/mol. The molecule has 1 aliphatic heterocycles. The Morgan fingerprint density at radius 3 is 2.47 bits per heavy atom. The van der Waals surface area contributed by atoms with Crippen LogP contribution in [0.25, 0.3) is 0 Å². The van der Waals surface area contributed by atoms with E-state index in [0.717, 1.165) is 12.1 Å². The first-order valence-electron chi connectivity index (χ1n) is 5.18. The third-order valence-corrected chi connectivity index (χ3v) is 3.58. The molecule has 1 aliphatic rings. The Balaban J connectivity index is 2.32. The number of hydrogen-bond acceptors (Lipinski definition) is 2. The number of amides is 1. The third kappa shape index (κ3) is 2.32. The van der Waals surface area contributed by atoms with E-state index in [1.807, 2.05) is 0 Å². The third-order valence-electron chi connectivity index (χ3n) is 2.82. The first-order valence-corrected chi connectivity index (χ1v) is 5.97. The van der Waals surface area contributed by atoms with Gasteiger partial charge in [-0.3, -0.25) is 4.79 Å². The van der Waals surface area contributed by atoms with Gasteiger partial charge in [-0.05, 0) is 40.5 Å². The summed E-state index contributed by atoms with van der Waals surface area (Å²) < 4.78 is 26.5. The van der Waals surface area contributed by atoms with Gasteiger partial charge in [-0.2, -0.15) is 0 Å². The molecule has 1 heterocycles. The molecule has 1 atom stereocenters. The Hall–Kier alpha value is -1.01. The molecule has 2 N–H and O–H groups in total. The second-order valence-corrected chi connectivity index (χ2v) is 4.83. The van der Waals surface area contributed by atoms with Crippen LogP contribution in [-0.4, -0.2) is 19.0 Å². The zero-order valence-corrected chi connectivity index (χ0v) is 10.5. The molecular weight excluding hydrogens is 294 g/mol. The molecule has 0 bridgehead atoms. The fraction of sp³-hybridized carbons (Fsp3) is 0.364. The van der Waals surface area contributed by atoms with Crippen molar-refractivity contribution in [2.24, 2.45) is 11.7 Å². The summed E-state index contributed by atoms with van der Waals surface area (Å²) >= 11 is 2.79. The van der Waals surface area contributed by atoms with Gasteiger partial charge in [0, 0.05) is 18.7 Å². The lowest BCUT2D eigenvalue weighted by Gasteiger charge is -2.17. The number of anilines is 1. The van der Waals surface area contributed by atoms with Crippen molar-refractivity contribution < 1.29 is 13.6 Å². The summed E-state index contributed by atoms with van der Waals surface area (Å²) in [5, 5.41) is 0. The number of hydrogen-bond donors (Lipinski definition) is 1. The molecule has 1 amide bonds. The Morgan fingerprint density at radius 1 is 1.41 bits per heavy atom. The highest BCUT2D eigenvalue weighted by Gasteiger charge is 2.30. The van der Waals surface area contributed by atoms with Crippen molar-refractivity contribution in [3.63, 3.8) is 0 Å². The second kappa shape index (κ2) is 4.70. The van der Waals surface area contributed by atoms with Crippen LogP contribution in [0.1, 0.15) is 6.42 Å². The van der Waals surface area contributed by atoms with Gasteiger partial charge in [0.25, 0.3) is 0 Å². The average molecular weight is 305 g/mol. The van der Waals surface area contributed by atoms with Crippen LogP contribution in [0.5, 0.6) is 0 Å². The van der Waals surface area contributed by atoms with E-state index in [1.165, 1.54) is 4.90 Å². The van der Waals surface area contributed by atoms with E-state index in [-0.39, 0.29) is 22.0 Å². The van der Waals surface area contributed by atoms with E-state index in [9.17, 15) is 13.6 Å². The van der Waals surface area contributed by atoms with Gasteiger partial charge in [0.15, 0.2) is 0 Å². The SMILES string of the molecule is NCC1CC(=O)N(c2cc(F)c(Br)c(F)c2)C1. The molecule has 1 fully saturated rings. The Labute approximate surface area is 106 Å². The van der Waals surface area contributed by atoms with Crippen molar-refractivity contribution >= 4 is 27.5 Å². The zero-order valence-electron chi connectivity index (χ0n) is 8.92. The molecule has 0 aromatic heterocycles. The standard InChI is InChI=1S/C11H11BrF2N2O/c12-11-8(13)2-7(3-9(11)14)16-5-6(4-15)1-10(16)17/h2-3,6H,1,4-5,15H2. The highest BCUT2D eigenvalue weighted by Crippen LogP contribution is 2.29. The number of carbonyl (C=O) groups excluding carboxylic acids is 1. The number of nitrogens with zero attached hydrogens (tertiary/aromatic N) is 1. The van der Waals surface area contributed by atoms with Gasteiger partial charge in [0.05, 0.1) is 4.47 Å². The molecule has 0 saturated carbocycles. The van der Waals surface area contributed by atoms with Crippen LogP contribution >= 0.6 is 15.9 Å². The maximum absolute atomic E-state index is 13.4. The van der Waals surface area contributed by atoms with Gasteiger partial charge < -0.3 is 10.6 Å². The molecule has 17 heavy (non-hydrogen) atoms. The second-order valence-electron chi connectivity index (χ2n) is 4.03. The maximum atomic E-state index is 13.4. The van der Waals surface area contributed by atoms with Gasteiger partial charge in [-0.1, -0.05) is 0 Å². The van der Waals surface area contributed by atoms with Crippen LogP contribution < -0.4 is 10.6 Å². The average Bonchev–Trinajstić information content (AvgIpc) is 2.67. The zero-order chi connectivity index (χ0) is 12.6. The molecule has 1 aromatic carbocycles. The lowest BCUT2D eigenvalue weighted by Crippen LogP contribution is -2.26. The summed E-state index contributed by atoms with van der Waals surface area (Å²) in [5.41, 5.74) is 5.73. The fourth-order valence-corrected chi connectivity index (χ4v) is 2.12. The smallest absolute Gasteiger partial charge is 0.227 e. The Kier molecular flexibility index (Phi) is 3.44. The lowest BCUT2D eigenvalue weighted by atomic mass is 10.1. The predicted octanol–water partition coefficient (Wildman–Crippen LogP) is 2.04. The summed E-state index contributed by atoms with van der Waals surface area (Å²) in [7, 11) is 0. The molecular formula is C11H11BrF2N2O. The van der Waals surface area contributed by atoms with Gasteiger partial charge in [0.1, 0.15) is 11.6 Å². The number of benzene rings is 1. The highest BCUT2D eigenvalue weighted by atomic mass is 79.9. The van der Waals surface area contributed by atoms with Gasteiger partial charge in [-0.25, -0.2) is 8.78 Å². The van der Waals surface area contributed by atoms with E-state index in [4.69, 9.17) is 5.73 Å². The fourth-order valence-electron chi connectivity index (χ4n) is 1.89. The topological polar surface area (TPSA) is 46.3 Å². The van der Waals surface area contributed by atoms with Crippen LogP contribution in [0.3, 0.4) is 0 Å². The Bertz CT molecular complexity index is 444. The van der Waals surface area contributed by atoms with Gasteiger partial charge in [-0.15, -0.1) is 0 Å². The summed E-state index contributed by atoms with van der Waals surface area (Å²) in [6.45, 7) is 0.805. The molecule has 6 heteroatoms. The molecule has 1 unspecified atom stereocenters. The van der Waals surface area contributed by atoms with Crippen molar-refractivity contribution in [2.75, 3.05) is 18.0 Å². The highest BCUT2D eigenvalue weighted by molar-refractivity contribution is 9.10. The summed E-state index contributed by atoms with van der Waals surface area (Å²) in [4.78, 5) is 13.0. The van der Waals surface area contributed by atoms with Crippen LogP contribution in [0.4, 0.5) is 14.5 Å². The van der Waals surface area contributed by atoms with Crippen molar-refractivity contribution in [1.29, 1.82) is 0 Å². The van der Waals surface area contributed by atoms with Crippen molar-refractivity contribution in [1.82, 2.24) is 0 Å². The minimum Gasteiger partial charge on any atom is -0.330 e. The summed E-state index contributed by atoms with van der Waals surface area (Å²) in [5.74, 6) is -1.54. The molecule has 2 rings (SSSR count). The molecule has 1 saturated heterocycles. The summed E-state index contributed by atoms with van der Waals surface area (Å²) in [6.07, 6.45) is 0.329. The van der Waals surface area contributed by atoms with E-state index >= 15 is 0 Å². The van der Waals surface area contributed by atoms with Crippen LogP contribution in [0.2, 0.25) is 0 Å². The lowest BCUT2D eigenvalue weighted by molar-refractivity contribution is -0.117. The number of nitrogens with two attached hydrogens (primary N) is 1. The van der Waals surface area contributed by atoms with E-state index in [1.54, 1.807) is 0 Å². The maximum Gasteiger partial charge on any atom is 0.227 e. The van der Waals surface area contributed by atoms with Crippen molar-refractivity contribution in [3.05, 3.63) is 28.2 Å². The van der Waals surface area contributed by atoms with Crippen molar-refractivity contribution in [3.8, 4) is 0 Å². The van der Waals surface area contributed by atoms with E-state index in [2.05, 4.69) is 15.9 Å². The minimum absolute atomic E-state index is 0.0530. The Morgan fingerprint density at radius 2 is 2.00 bits per heavy atom. The number of rotatable bonds is 2. The molecule has 0 spiro atoms. The monoisotopic (exact) mass is 304 g/mol. The number of halogens is 3. The largest absolute Gasteiger partial charge is 0.330 e. The normalized spacial score (nSPS) is 20.1. The molecule has 0 radical (unpaired) electrons. The van der Waals surface area contributed by atoms with Crippen molar-refractivity contribution in [2.45, 2.75) is 6.42 Å². The molecule has 3 nitrogen and oxygen atoms in total. The molecule has 92 valence electrons. The van der Waals surface area contributed by atoms with Crippen LogP contribution in [0.15, 0.2) is 16.6 Å². The van der Waals surface area contributed by atoms with Crippen LogP contribution in [0, 0.1) is 17.6 Å². The van der Waals surface area contributed by atoms with Crippen LogP contribution in [-0.2, 0) is 4.79 Å². The first-order chi connectivity index (χ1) is 8.02. The van der Waals surface area contributed by atoms with E-state index < -0.39 is 11.6 Å². The van der Waals surface area contributed by atoms with Gasteiger partial charge in [0.2, 0.25) is 5.91 Å².